The van der Waals surface area contributed by atoms with Crippen molar-refractivity contribution in [1.29, 1.82) is 0 Å². The standard InChI is InChI=1S/C11H16N2O3/c1-3-8-9(14)12-11(16)13(10(8)15)5-7-4-6(7)2/h6-8H,3-5H2,1-2H3,(H,12,14,16). The minimum absolute atomic E-state index is 0.338. The normalized spacial score (nSPS) is 34.0. The van der Waals surface area contributed by atoms with Gasteiger partial charge in [0, 0.05) is 6.54 Å². The highest BCUT2D eigenvalue weighted by atomic mass is 16.2. The summed E-state index contributed by atoms with van der Waals surface area (Å²) < 4.78 is 0. The number of hydrogen-bond acceptors (Lipinski definition) is 3. The maximum Gasteiger partial charge on any atom is 0.330 e. The van der Waals surface area contributed by atoms with E-state index >= 15 is 0 Å². The molecule has 0 aromatic rings. The van der Waals surface area contributed by atoms with E-state index in [1.807, 2.05) is 0 Å². The quantitative estimate of drug-likeness (QED) is 0.719. The van der Waals surface area contributed by atoms with Crippen LogP contribution in [0.3, 0.4) is 0 Å². The number of amides is 4. The van der Waals surface area contributed by atoms with Crippen LogP contribution in [0.5, 0.6) is 0 Å². The van der Waals surface area contributed by atoms with Crippen LogP contribution in [0.25, 0.3) is 0 Å². The van der Waals surface area contributed by atoms with Crippen LogP contribution < -0.4 is 5.32 Å². The molecule has 16 heavy (non-hydrogen) atoms. The molecule has 1 aliphatic carbocycles. The lowest BCUT2D eigenvalue weighted by Gasteiger charge is -2.29. The molecular weight excluding hydrogens is 208 g/mol. The van der Waals surface area contributed by atoms with Gasteiger partial charge in [-0.15, -0.1) is 0 Å². The second-order valence-electron chi connectivity index (χ2n) is 4.68. The lowest BCUT2D eigenvalue weighted by atomic mass is 10.0. The highest BCUT2D eigenvalue weighted by Gasteiger charge is 2.43. The maximum absolute atomic E-state index is 11.9. The van der Waals surface area contributed by atoms with Crippen molar-refractivity contribution in [2.75, 3.05) is 6.54 Å². The predicted molar refractivity (Wildman–Crippen MR) is 56.3 cm³/mol. The molecule has 1 saturated carbocycles. The molecule has 2 rings (SSSR count). The summed E-state index contributed by atoms with van der Waals surface area (Å²) in [6.07, 6.45) is 1.50. The molecule has 3 unspecified atom stereocenters. The summed E-state index contributed by atoms with van der Waals surface area (Å²) in [5.74, 6) is -0.488. The smallest absolute Gasteiger partial charge is 0.277 e. The van der Waals surface area contributed by atoms with E-state index < -0.39 is 17.9 Å². The summed E-state index contributed by atoms with van der Waals surface area (Å²) in [7, 11) is 0. The van der Waals surface area contributed by atoms with Gasteiger partial charge in [0.1, 0.15) is 5.92 Å². The Hall–Kier alpha value is -1.39. The molecule has 3 atom stereocenters. The summed E-state index contributed by atoms with van der Waals surface area (Å²) >= 11 is 0. The number of hydrogen-bond donors (Lipinski definition) is 1. The number of carbonyl (C=O) groups excluding carboxylic acids is 3. The van der Waals surface area contributed by atoms with Gasteiger partial charge < -0.3 is 0 Å². The third-order valence-electron chi connectivity index (χ3n) is 3.46. The molecule has 0 spiro atoms. The van der Waals surface area contributed by atoms with Crippen LogP contribution in [0, 0.1) is 17.8 Å². The topological polar surface area (TPSA) is 66.5 Å². The minimum Gasteiger partial charge on any atom is -0.277 e. The van der Waals surface area contributed by atoms with Gasteiger partial charge in [0.25, 0.3) is 0 Å². The maximum atomic E-state index is 11.9. The summed E-state index contributed by atoms with van der Waals surface area (Å²) in [4.78, 5) is 36.0. The molecule has 1 aliphatic heterocycles. The fraction of sp³-hybridized carbons (Fsp3) is 0.727. The van der Waals surface area contributed by atoms with Crippen LogP contribution >= 0.6 is 0 Å². The van der Waals surface area contributed by atoms with E-state index in [1.54, 1.807) is 6.92 Å². The average Bonchev–Trinajstić information content (AvgIpc) is 2.89. The highest BCUT2D eigenvalue weighted by molar-refractivity contribution is 6.16. The summed E-state index contributed by atoms with van der Waals surface area (Å²) in [5.41, 5.74) is 0. The van der Waals surface area contributed by atoms with Gasteiger partial charge in [0.05, 0.1) is 0 Å². The molecule has 2 fully saturated rings. The number of nitrogens with one attached hydrogen (secondary N) is 1. The zero-order valence-corrected chi connectivity index (χ0v) is 9.53. The largest absolute Gasteiger partial charge is 0.330 e. The number of urea groups is 1. The first kappa shape index (κ1) is 11.1. The zero-order valence-electron chi connectivity index (χ0n) is 9.53. The summed E-state index contributed by atoms with van der Waals surface area (Å²) in [5, 5.41) is 2.24. The molecule has 0 aromatic heterocycles. The minimum atomic E-state index is -0.688. The average molecular weight is 224 g/mol. The Labute approximate surface area is 94.2 Å². The van der Waals surface area contributed by atoms with Gasteiger partial charge in [-0.2, -0.15) is 0 Å². The Morgan fingerprint density at radius 1 is 1.38 bits per heavy atom. The van der Waals surface area contributed by atoms with Crippen molar-refractivity contribution in [2.24, 2.45) is 17.8 Å². The third kappa shape index (κ3) is 1.81. The number of barbiturate groups is 1. The first-order chi connectivity index (χ1) is 7.54. The molecule has 1 saturated heterocycles. The van der Waals surface area contributed by atoms with E-state index in [0.717, 1.165) is 6.42 Å². The van der Waals surface area contributed by atoms with E-state index in [2.05, 4.69) is 12.2 Å². The van der Waals surface area contributed by atoms with Crippen LogP contribution in [0.4, 0.5) is 4.79 Å². The predicted octanol–water partition coefficient (Wildman–Crippen LogP) is 0.747. The molecule has 1 heterocycles. The molecule has 4 amide bonds. The molecular formula is C11H16N2O3. The van der Waals surface area contributed by atoms with Crippen molar-refractivity contribution in [3.8, 4) is 0 Å². The molecule has 0 bridgehead atoms. The van der Waals surface area contributed by atoms with Crippen molar-refractivity contribution < 1.29 is 14.4 Å². The van der Waals surface area contributed by atoms with Gasteiger partial charge in [-0.1, -0.05) is 13.8 Å². The van der Waals surface area contributed by atoms with Gasteiger partial charge in [0.2, 0.25) is 11.8 Å². The van der Waals surface area contributed by atoms with Gasteiger partial charge in [0.15, 0.2) is 0 Å². The molecule has 0 aromatic carbocycles. The molecule has 5 nitrogen and oxygen atoms in total. The summed E-state index contributed by atoms with van der Waals surface area (Å²) in [6, 6.07) is -0.557. The van der Waals surface area contributed by atoms with Crippen molar-refractivity contribution >= 4 is 17.8 Å². The fourth-order valence-electron chi connectivity index (χ4n) is 2.08. The van der Waals surface area contributed by atoms with E-state index in [0.29, 0.717) is 24.8 Å². The SMILES string of the molecule is CCC1C(=O)NC(=O)N(CC2CC2C)C1=O. The van der Waals surface area contributed by atoms with Crippen molar-refractivity contribution in [3.05, 3.63) is 0 Å². The number of rotatable bonds is 3. The Kier molecular flexibility index (Phi) is 2.69. The van der Waals surface area contributed by atoms with Gasteiger partial charge >= 0.3 is 6.03 Å². The van der Waals surface area contributed by atoms with Crippen LogP contribution in [0.2, 0.25) is 0 Å². The van der Waals surface area contributed by atoms with Gasteiger partial charge in [-0.05, 0) is 24.7 Å². The number of imide groups is 2. The van der Waals surface area contributed by atoms with E-state index in [1.165, 1.54) is 4.90 Å². The van der Waals surface area contributed by atoms with E-state index in [4.69, 9.17) is 0 Å². The van der Waals surface area contributed by atoms with Gasteiger partial charge in [-0.3, -0.25) is 19.8 Å². The van der Waals surface area contributed by atoms with Crippen LogP contribution in [-0.2, 0) is 9.59 Å². The van der Waals surface area contributed by atoms with Crippen LogP contribution in [-0.4, -0.2) is 29.3 Å². The van der Waals surface area contributed by atoms with Crippen LogP contribution in [0.1, 0.15) is 26.7 Å². The molecule has 88 valence electrons. The lowest BCUT2D eigenvalue weighted by Crippen LogP contribution is -2.58. The fourth-order valence-corrected chi connectivity index (χ4v) is 2.08. The van der Waals surface area contributed by atoms with Crippen molar-refractivity contribution in [2.45, 2.75) is 26.7 Å². The number of nitrogens with zero attached hydrogens (tertiary/aromatic N) is 1. The third-order valence-corrected chi connectivity index (χ3v) is 3.46. The highest BCUT2D eigenvalue weighted by Crippen LogP contribution is 2.38. The molecule has 1 N–H and O–H groups in total. The first-order valence-electron chi connectivity index (χ1n) is 5.70. The molecule has 0 radical (unpaired) electrons. The Bertz CT molecular complexity index is 353. The van der Waals surface area contributed by atoms with E-state index in [-0.39, 0.29) is 5.91 Å². The van der Waals surface area contributed by atoms with Crippen molar-refractivity contribution in [3.63, 3.8) is 0 Å². The summed E-state index contributed by atoms with van der Waals surface area (Å²) in [6.45, 7) is 4.32. The Balaban J connectivity index is 2.07. The zero-order chi connectivity index (χ0) is 11.9. The lowest BCUT2D eigenvalue weighted by molar-refractivity contribution is -0.142. The van der Waals surface area contributed by atoms with E-state index in [9.17, 15) is 14.4 Å². The van der Waals surface area contributed by atoms with Crippen molar-refractivity contribution in [1.82, 2.24) is 10.2 Å². The van der Waals surface area contributed by atoms with Gasteiger partial charge in [-0.25, -0.2) is 4.79 Å². The Morgan fingerprint density at radius 3 is 2.50 bits per heavy atom. The molecule has 2 aliphatic rings. The first-order valence-corrected chi connectivity index (χ1v) is 5.70. The van der Waals surface area contributed by atoms with Crippen LogP contribution in [0.15, 0.2) is 0 Å². The second-order valence-corrected chi connectivity index (χ2v) is 4.68. The molecule has 5 heteroatoms. The number of carbonyl (C=O) groups is 3. The Morgan fingerprint density at radius 2 is 2.00 bits per heavy atom. The monoisotopic (exact) mass is 224 g/mol. The second kappa shape index (κ2) is 3.88.